The molecule has 1 nitrogen and oxygen atoms in total. The van der Waals surface area contributed by atoms with Gasteiger partial charge in [0.25, 0.3) is 0 Å². The molecule has 0 spiro atoms. The van der Waals surface area contributed by atoms with Crippen LogP contribution in [0.1, 0.15) is 36.0 Å². The molecule has 2 unspecified atom stereocenters. The summed E-state index contributed by atoms with van der Waals surface area (Å²) in [6.07, 6.45) is 3.11. The van der Waals surface area contributed by atoms with Crippen molar-refractivity contribution in [2.75, 3.05) is 6.54 Å². The summed E-state index contributed by atoms with van der Waals surface area (Å²) in [6, 6.07) is 6.39. The SMILES string of the molecule is Cc1cc(C)cc(CC(F)C2CCCCN2)c1. The number of nitrogens with one attached hydrogen (secondary N) is 1. The second-order valence-electron chi connectivity index (χ2n) is 5.27. The molecule has 1 saturated heterocycles. The van der Waals surface area contributed by atoms with Gasteiger partial charge in [-0.15, -0.1) is 0 Å². The van der Waals surface area contributed by atoms with Gasteiger partial charge in [-0.25, -0.2) is 4.39 Å². The summed E-state index contributed by atoms with van der Waals surface area (Å²) in [5.74, 6) is 0. The van der Waals surface area contributed by atoms with E-state index in [0.717, 1.165) is 24.9 Å². The standard InChI is InChI=1S/C15H22FN/c1-11-7-12(2)9-13(8-11)10-14(16)15-5-3-4-6-17-15/h7-9,14-15,17H,3-6,10H2,1-2H3. The molecule has 2 atom stereocenters. The second kappa shape index (κ2) is 5.63. The molecule has 1 aliphatic rings. The van der Waals surface area contributed by atoms with Crippen molar-refractivity contribution in [1.82, 2.24) is 5.32 Å². The Bertz CT molecular complexity index is 349. The highest BCUT2D eigenvalue weighted by Crippen LogP contribution is 2.18. The maximum atomic E-state index is 14.2. The lowest BCUT2D eigenvalue weighted by atomic mass is 9.95. The summed E-state index contributed by atoms with van der Waals surface area (Å²) in [4.78, 5) is 0. The van der Waals surface area contributed by atoms with E-state index in [4.69, 9.17) is 0 Å². The number of alkyl halides is 1. The Labute approximate surface area is 103 Å². The van der Waals surface area contributed by atoms with Gasteiger partial charge in [0.15, 0.2) is 0 Å². The summed E-state index contributed by atoms with van der Waals surface area (Å²) < 4.78 is 14.2. The maximum Gasteiger partial charge on any atom is 0.119 e. The molecule has 1 aromatic rings. The Kier molecular flexibility index (Phi) is 4.16. The molecular weight excluding hydrogens is 213 g/mol. The smallest absolute Gasteiger partial charge is 0.119 e. The largest absolute Gasteiger partial charge is 0.311 e. The number of benzene rings is 1. The molecule has 1 aliphatic heterocycles. The van der Waals surface area contributed by atoms with Crippen LogP contribution in [0, 0.1) is 13.8 Å². The van der Waals surface area contributed by atoms with Gasteiger partial charge in [0, 0.05) is 12.5 Å². The first-order chi connectivity index (χ1) is 8.15. The third kappa shape index (κ3) is 3.53. The van der Waals surface area contributed by atoms with Crippen molar-refractivity contribution in [3.8, 4) is 0 Å². The fourth-order valence-electron chi connectivity index (χ4n) is 2.74. The van der Waals surface area contributed by atoms with Crippen molar-refractivity contribution in [2.45, 2.75) is 51.7 Å². The molecule has 1 N–H and O–H groups in total. The highest BCUT2D eigenvalue weighted by Gasteiger charge is 2.22. The van der Waals surface area contributed by atoms with Gasteiger partial charge in [0.1, 0.15) is 6.17 Å². The highest BCUT2D eigenvalue weighted by atomic mass is 19.1. The van der Waals surface area contributed by atoms with E-state index in [0.29, 0.717) is 6.42 Å². The number of hydrogen-bond donors (Lipinski definition) is 1. The van der Waals surface area contributed by atoms with Gasteiger partial charge in [-0.2, -0.15) is 0 Å². The molecule has 0 amide bonds. The van der Waals surface area contributed by atoms with Crippen LogP contribution in [0.15, 0.2) is 18.2 Å². The number of halogens is 1. The first-order valence-corrected chi connectivity index (χ1v) is 6.60. The van der Waals surface area contributed by atoms with Crippen LogP contribution >= 0.6 is 0 Å². The summed E-state index contributed by atoms with van der Waals surface area (Å²) in [6.45, 7) is 5.11. The van der Waals surface area contributed by atoms with Gasteiger partial charge in [0.05, 0.1) is 0 Å². The fraction of sp³-hybridized carbons (Fsp3) is 0.600. The van der Waals surface area contributed by atoms with Crippen LogP contribution < -0.4 is 5.32 Å². The lowest BCUT2D eigenvalue weighted by molar-refractivity contribution is 0.217. The van der Waals surface area contributed by atoms with Gasteiger partial charge in [-0.05, 0) is 38.8 Å². The monoisotopic (exact) mass is 235 g/mol. The van der Waals surface area contributed by atoms with Gasteiger partial charge < -0.3 is 5.32 Å². The molecule has 1 heterocycles. The molecule has 0 saturated carbocycles. The average molecular weight is 235 g/mol. The second-order valence-corrected chi connectivity index (χ2v) is 5.27. The summed E-state index contributed by atoms with van der Waals surface area (Å²) in [7, 11) is 0. The summed E-state index contributed by atoms with van der Waals surface area (Å²) in [5.41, 5.74) is 3.58. The first-order valence-electron chi connectivity index (χ1n) is 6.60. The first kappa shape index (κ1) is 12.6. The van der Waals surface area contributed by atoms with E-state index in [1.165, 1.54) is 17.5 Å². The molecular formula is C15H22FN. The van der Waals surface area contributed by atoms with E-state index < -0.39 is 6.17 Å². The van der Waals surface area contributed by atoms with Gasteiger partial charge in [0.2, 0.25) is 0 Å². The van der Waals surface area contributed by atoms with Crippen LogP contribution in [0.5, 0.6) is 0 Å². The van der Waals surface area contributed by atoms with E-state index >= 15 is 0 Å². The molecule has 17 heavy (non-hydrogen) atoms. The molecule has 94 valence electrons. The Morgan fingerprint density at radius 3 is 2.53 bits per heavy atom. The Morgan fingerprint density at radius 1 is 1.24 bits per heavy atom. The van der Waals surface area contributed by atoms with Gasteiger partial charge >= 0.3 is 0 Å². The highest BCUT2D eigenvalue weighted by molar-refractivity contribution is 5.29. The third-order valence-electron chi connectivity index (χ3n) is 3.50. The molecule has 1 aromatic carbocycles. The topological polar surface area (TPSA) is 12.0 Å². The third-order valence-corrected chi connectivity index (χ3v) is 3.50. The summed E-state index contributed by atoms with van der Waals surface area (Å²) in [5, 5.41) is 3.29. The minimum Gasteiger partial charge on any atom is -0.311 e. The zero-order valence-corrected chi connectivity index (χ0v) is 10.8. The number of hydrogen-bond acceptors (Lipinski definition) is 1. The van der Waals surface area contributed by atoms with Crippen LogP contribution in [-0.4, -0.2) is 18.8 Å². The molecule has 0 aliphatic carbocycles. The molecule has 2 heteroatoms. The van der Waals surface area contributed by atoms with E-state index in [2.05, 4.69) is 37.4 Å². The average Bonchev–Trinajstić information content (AvgIpc) is 2.28. The predicted molar refractivity (Wildman–Crippen MR) is 70.2 cm³/mol. The molecule has 0 aromatic heterocycles. The fourth-order valence-corrected chi connectivity index (χ4v) is 2.74. The van der Waals surface area contributed by atoms with Crippen molar-refractivity contribution in [1.29, 1.82) is 0 Å². The van der Waals surface area contributed by atoms with Crippen LogP contribution in [0.3, 0.4) is 0 Å². The normalized spacial score (nSPS) is 22.4. The minimum absolute atomic E-state index is 0.0598. The predicted octanol–water partition coefficient (Wildman–Crippen LogP) is 3.33. The molecule has 0 radical (unpaired) electrons. The Balaban J connectivity index is 1.99. The molecule has 1 fully saturated rings. The van der Waals surface area contributed by atoms with Crippen molar-refractivity contribution in [3.63, 3.8) is 0 Å². The zero-order chi connectivity index (χ0) is 12.3. The zero-order valence-electron chi connectivity index (χ0n) is 10.8. The van der Waals surface area contributed by atoms with E-state index in [9.17, 15) is 4.39 Å². The van der Waals surface area contributed by atoms with Crippen LogP contribution in [-0.2, 0) is 6.42 Å². The van der Waals surface area contributed by atoms with Crippen molar-refractivity contribution >= 4 is 0 Å². The quantitative estimate of drug-likeness (QED) is 0.847. The number of piperidine rings is 1. The number of aryl methyl sites for hydroxylation is 2. The van der Waals surface area contributed by atoms with Crippen LogP contribution in [0.2, 0.25) is 0 Å². The van der Waals surface area contributed by atoms with Gasteiger partial charge in [-0.1, -0.05) is 35.7 Å². The van der Waals surface area contributed by atoms with Crippen molar-refractivity contribution in [2.24, 2.45) is 0 Å². The van der Waals surface area contributed by atoms with E-state index in [1.807, 2.05) is 0 Å². The summed E-state index contributed by atoms with van der Waals surface area (Å²) >= 11 is 0. The lowest BCUT2D eigenvalue weighted by Crippen LogP contribution is -2.42. The van der Waals surface area contributed by atoms with Crippen LogP contribution in [0.25, 0.3) is 0 Å². The Morgan fingerprint density at radius 2 is 1.94 bits per heavy atom. The lowest BCUT2D eigenvalue weighted by Gasteiger charge is -2.26. The van der Waals surface area contributed by atoms with Crippen molar-refractivity contribution in [3.05, 3.63) is 34.9 Å². The molecule has 0 bridgehead atoms. The van der Waals surface area contributed by atoms with E-state index in [1.54, 1.807) is 0 Å². The minimum atomic E-state index is -0.753. The molecule has 2 rings (SSSR count). The Hall–Kier alpha value is -0.890. The van der Waals surface area contributed by atoms with Crippen molar-refractivity contribution < 1.29 is 4.39 Å². The maximum absolute atomic E-state index is 14.2. The van der Waals surface area contributed by atoms with Crippen LogP contribution in [0.4, 0.5) is 4.39 Å². The van der Waals surface area contributed by atoms with Gasteiger partial charge in [-0.3, -0.25) is 0 Å². The van der Waals surface area contributed by atoms with E-state index in [-0.39, 0.29) is 6.04 Å². The number of rotatable bonds is 3.